The molecule has 0 heterocycles. The van der Waals surface area contributed by atoms with Crippen LogP contribution in [0, 0.1) is 5.82 Å². The van der Waals surface area contributed by atoms with Crippen LogP contribution >= 0.6 is 0 Å². The maximum absolute atomic E-state index is 14.3. The van der Waals surface area contributed by atoms with Crippen molar-refractivity contribution in [1.82, 2.24) is 5.32 Å². The number of amides is 1. The molecule has 8 heteroatoms. The van der Waals surface area contributed by atoms with Gasteiger partial charge in [-0.25, -0.2) is 9.18 Å². The fourth-order valence-corrected chi connectivity index (χ4v) is 4.25. The third-order valence-electron chi connectivity index (χ3n) is 5.90. The minimum absolute atomic E-state index is 0.0954. The molecule has 7 nitrogen and oxygen atoms in total. The Kier molecular flexibility index (Phi) is 6.90. The van der Waals surface area contributed by atoms with Crippen LogP contribution in [0.15, 0.2) is 66.7 Å². The largest absolute Gasteiger partial charge is 0.481 e. The number of carbonyl (C=O) groups excluding carboxylic acids is 1. The van der Waals surface area contributed by atoms with Gasteiger partial charge in [0.2, 0.25) is 0 Å². The first-order valence-electron chi connectivity index (χ1n) is 10.8. The third kappa shape index (κ3) is 4.93. The molecule has 176 valence electrons. The topological polar surface area (TPSA) is 116 Å². The monoisotopic (exact) mass is 465 g/mol. The number of benzene rings is 3. The van der Waals surface area contributed by atoms with Gasteiger partial charge in [0.1, 0.15) is 24.6 Å². The van der Waals surface area contributed by atoms with E-state index in [1.807, 2.05) is 48.5 Å². The number of hydrogen-bond acceptors (Lipinski definition) is 5. The molecule has 1 aliphatic rings. The number of carbonyl (C=O) groups is 2. The zero-order valence-electron chi connectivity index (χ0n) is 18.1. The fourth-order valence-electron chi connectivity index (χ4n) is 4.25. The van der Waals surface area contributed by atoms with E-state index in [1.54, 1.807) is 0 Å². The number of ether oxygens (including phenoxy) is 1. The standard InChI is InChI=1S/C26H24FNO6/c27-22-11-15(12-24(30)31)9-10-20(22)25(32)23(29)13-28-26(33)34-14-21-18-7-3-1-5-16(18)17-6-2-4-8-19(17)21/h1-11,21,23,25,29,32H,12-14H2,(H,28,33)(H,30,31). The van der Waals surface area contributed by atoms with Gasteiger partial charge in [0.15, 0.2) is 0 Å². The lowest BCUT2D eigenvalue weighted by Crippen LogP contribution is -2.36. The van der Waals surface area contributed by atoms with Crippen molar-refractivity contribution in [2.75, 3.05) is 13.2 Å². The maximum atomic E-state index is 14.3. The van der Waals surface area contributed by atoms with Gasteiger partial charge < -0.3 is 25.4 Å². The molecular weight excluding hydrogens is 441 g/mol. The summed E-state index contributed by atoms with van der Waals surface area (Å²) in [5, 5.41) is 31.7. The Bertz CT molecular complexity index is 1170. The van der Waals surface area contributed by atoms with Crippen LogP contribution in [0.3, 0.4) is 0 Å². The highest BCUT2D eigenvalue weighted by atomic mass is 19.1. The van der Waals surface area contributed by atoms with Crippen LogP contribution in [0.2, 0.25) is 0 Å². The summed E-state index contributed by atoms with van der Waals surface area (Å²) in [7, 11) is 0. The van der Waals surface area contributed by atoms with E-state index in [9.17, 15) is 24.2 Å². The zero-order valence-corrected chi connectivity index (χ0v) is 18.1. The Labute approximate surface area is 195 Å². The lowest BCUT2D eigenvalue weighted by Gasteiger charge is -2.20. The van der Waals surface area contributed by atoms with Gasteiger partial charge in [-0.05, 0) is 33.9 Å². The van der Waals surface area contributed by atoms with Gasteiger partial charge in [0.25, 0.3) is 0 Å². The van der Waals surface area contributed by atoms with Crippen LogP contribution in [-0.4, -0.2) is 46.6 Å². The van der Waals surface area contributed by atoms with E-state index in [-0.39, 0.29) is 36.6 Å². The summed E-state index contributed by atoms with van der Waals surface area (Å²) in [6.45, 7) is -0.271. The Hall–Kier alpha value is -3.75. The van der Waals surface area contributed by atoms with E-state index >= 15 is 0 Å². The fraction of sp³-hybridized carbons (Fsp3) is 0.231. The van der Waals surface area contributed by atoms with Crippen LogP contribution in [-0.2, 0) is 16.0 Å². The summed E-state index contributed by atoms with van der Waals surface area (Å²) in [6, 6.07) is 19.4. The molecule has 0 aromatic heterocycles. The molecule has 1 aliphatic carbocycles. The molecule has 4 N–H and O–H groups in total. The lowest BCUT2D eigenvalue weighted by atomic mass is 9.98. The second kappa shape index (κ2) is 10.0. The van der Waals surface area contributed by atoms with Crippen LogP contribution in [0.25, 0.3) is 11.1 Å². The van der Waals surface area contributed by atoms with Crippen LogP contribution in [0.1, 0.15) is 34.3 Å². The predicted octanol–water partition coefficient (Wildman–Crippen LogP) is 3.39. The number of fused-ring (bicyclic) bond motifs is 3. The Morgan fingerprint density at radius 2 is 1.59 bits per heavy atom. The molecule has 0 aliphatic heterocycles. The summed E-state index contributed by atoms with van der Waals surface area (Å²) in [5.74, 6) is -2.07. The smallest absolute Gasteiger partial charge is 0.407 e. The Morgan fingerprint density at radius 3 is 2.18 bits per heavy atom. The van der Waals surface area contributed by atoms with Crippen molar-refractivity contribution in [2.24, 2.45) is 0 Å². The molecule has 4 rings (SSSR count). The number of hydrogen-bond donors (Lipinski definition) is 4. The van der Waals surface area contributed by atoms with Gasteiger partial charge in [-0.1, -0.05) is 60.7 Å². The number of carboxylic acid groups (broad SMARTS) is 1. The molecular formula is C26H24FNO6. The lowest BCUT2D eigenvalue weighted by molar-refractivity contribution is -0.136. The molecule has 34 heavy (non-hydrogen) atoms. The zero-order chi connectivity index (χ0) is 24.2. The van der Waals surface area contributed by atoms with E-state index in [2.05, 4.69) is 5.32 Å². The van der Waals surface area contributed by atoms with Gasteiger partial charge in [-0.3, -0.25) is 4.79 Å². The number of aliphatic hydroxyl groups is 2. The van der Waals surface area contributed by atoms with Crippen molar-refractivity contribution in [3.8, 4) is 11.1 Å². The molecule has 0 fully saturated rings. The number of aliphatic hydroxyl groups excluding tert-OH is 2. The van der Waals surface area contributed by atoms with Crippen molar-refractivity contribution in [1.29, 1.82) is 0 Å². The van der Waals surface area contributed by atoms with Gasteiger partial charge >= 0.3 is 12.1 Å². The SMILES string of the molecule is O=C(O)Cc1ccc(C(O)C(O)CNC(=O)OCC2c3ccccc3-c3ccccc32)c(F)c1. The Balaban J connectivity index is 1.33. The number of nitrogens with one attached hydrogen (secondary N) is 1. The van der Waals surface area contributed by atoms with E-state index in [0.717, 1.165) is 28.3 Å². The third-order valence-corrected chi connectivity index (χ3v) is 5.90. The molecule has 3 aromatic carbocycles. The second-order valence-corrected chi connectivity index (χ2v) is 8.15. The molecule has 3 aromatic rings. The average molecular weight is 465 g/mol. The van der Waals surface area contributed by atoms with Gasteiger partial charge in [0, 0.05) is 18.0 Å². The first-order chi connectivity index (χ1) is 16.3. The van der Waals surface area contributed by atoms with Gasteiger partial charge in [-0.15, -0.1) is 0 Å². The molecule has 0 saturated carbocycles. The highest BCUT2D eigenvalue weighted by Crippen LogP contribution is 2.44. The first kappa shape index (κ1) is 23.4. The van der Waals surface area contributed by atoms with E-state index in [1.165, 1.54) is 12.1 Å². The molecule has 2 unspecified atom stereocenters. The maximum Gasteiger partial charge on any atom is 0.407 e. The number of aliphatic carboxylic acids is 1. The quantitative estimate of drug-likeness (QED) is 0.405. The van der Waals surface area contributed by atoms with Crippen molar-refractivity contribution in [2.45, 2.75) is 24.5 Å². The molecule has 0 spiro atoms. The van der Waals surface area contributed by atoms with Crippen molar-refractivity contribution in [3.63, 3.8) is 0 Å². The highest BCUT2D eigenvalue weighted by Gasteiger charge is 2.29. The summed E-state index contributed by atoms with van der Waals surface area (Å²) in [4.78, 5) is 23.0. The number of halogens is 1. The number of alkyl carbamates (subject to hydrolysis) is 1. The highest BCUT2D eigenvalue weighted by molar-refractivity contribution is 5.79. The van der Waals surface area contributed by atoms with E-state index in [0.29, 0.717) is 0 Å². The van der Waals surface area contributed by atoms with Gasteiger partial charge in [0.05, 0.1) is 6.42 Å². The first-order valence-corrected chi connectivity index (χ1v) is 10.8. The van der Waals surface area contributed by atoms with Crippen molar-refractivity contribution >= 4 is 12.1 Å². The summed E-state index contributed by atoms with van der Waals surface area (Å²) < 4.78 is 19.6. The molecule has 0 bridgehead atoms. The minimum Gasteiger partial charge on any atom is -0.481 e. The Morgan fingerprint density at radius 1 is 0.971 bits per heavy atom. The summed E-state index contributed by atoms with van der Waals surface area (Å²) in [6.07, 6.45) is -4.25. The predicted molar refractivity (Wildman–Crippen MR) is 122 cm³/mol. The minimum atomic E-state index is -1.62. The van der Waals surface area contributed by atoms with Crippen molar-refractivity contribution < 1.29 is 34.0 Å². The average Bonchev–Trinajstić information content (AvgIpc) is 3.14. The van der Waals surface area contributed by atoms with Crippen LogP contribution in [0.4, 0.5) is 9.18 Å². The normalized spacial score (nSPS) is 14.1. The molecule has 1 amide bonds. The summed E-state index contributed by atoms with van der Waals surface area (Å²) >= 11 is 0. The molecule has 0 radical (unpaired) electrons. The van der Waals surface area contributed by atoms with E-state index < -0.39 is 30.1 Å². The second-order valence-electron chi connectivity index (χ2n) is 8.15. The van der Waals surface area contributed by atoms with Crippen LogP contribution in [0.5, 0.6) is 0 Å². The molecule has 2 atom stereocenters. The number of rotatable bonds is 8. The summed E-state index contributed by atoms with van der Waals surface area (Å²) in [5.41, 5.74) is 4.36. The number of carboxylic acids is 1. The van der Waals surface area contributed by atoms with Crippen molar-refractivity contribution in [3.05, 3.63) is 94.8 Å². The van der Waals surface area contributed by atoms with Crippen LogP contribution < -0.4 is 5.32 Å². The van der Waals surface area contributed by atoms with Gasteiger partial charge in [-0.2, -0.15) is 0 Å². The van der Waals surface area contributed by atoms with E-state index in [4.69, 9.17) is 9.84 Å². The molecule has 0 saturated heterocycles.